The molecule has 2 heteroatoms. The van der Waals surface area contributed by atoms with E-state index in [2.05, 4.69) is 18.9 Å². The van der Waals surface area contributed by atoms with Crippen LogP contribution in [0.4, 0.5) is 0 Å². The molecule has 1 N–H and O–H groups in total. The normalized spacial score (nSPS) is 8.29. The van der Waals surface area contributed by atoms with Gasteiger partial charge in [0, 0.05) is 19.8 Å². The minimum atomic E-state index is 0.958. The van der Waals surface area contributed by atoms with Crippen molar-refractivity contribution in [3.05, 3.63) is 12.8 Å². The van der Waals surface area contributed by atoms with Crippen molar-refractivity contribution in [1.29, 1.82) is 0 Å². The Labute approximate surface area is 44.8 Å². The highest BCUT2D eigenvalue weighted by Crippen LogP contribution is 1.74. The smallest absolute Gasteiger partial charge is 0.0309 e. The van der Waals surface area contributed by atoms with E-state index in [0.29, 0.717) is 0 Å². The monoisotopic (exact) mass is 100 g/mol. The lowest BCUT2D eigenvalue weighted by Gasteiger charge is -2.13. The van der Waals surface area contributed by atoms with Gasteiger partial charge in [0.15, 0.2) is 0 Å². The van der Waals surface area contributed by atoms with Crippen LogP contribution in [0.5, 0.6) is 0 Å². The van der Waals surface area contributed by atoms with Crippen LogP contribution in [0.15, 0.2) is 12.8 Å². The van der Waals surface area contributed by atoms with Gasteiger partial charge in [-0.2, -0.15) is 0 Å². The Balaban J connectivity index is 3.16. The molecule has 0 bridgehead atoms. The molecule has 0 unspecified atom stereocenters. The molecule has 42 valence electrons. The highest BCUT2D eigenvalue weighted by Gasteiger charge is 1.81. The van der Waals surface area contributed by atoms with E-state index in [4.69, 9.17) is 0 Å². The van der Waals surface area contributed by atoms with Crippen LogP contribution >= 0.6 is 0 Å². The van der Waals surface area contributed by atoms with Gasteiger partial charge in [-0.25, -0.2) is 5.43 Å². The molecule has 0 aromatic rings. The molecule has 0 amide bonds. The van der Waals surface area contributed by atoms with Crippen molar-refractivity contribution in [1.82, 2.24) is 10.4 Å². The second-order valence-electron chi connectivity index (χ2n) is 1.19. The summed E-state index contributed by atoms with van der Waals surface area (Å²) >= 11 is 0. The molecule has 0 aliphatic carbocycles. The zero-order chi connectivity index (χ0) is 5.70. The molecule has 0 aromatic heterocycles. The van der Waals surface area contributed by atoms with Gasteiger partial charge in [0.05, 0.1) is 0 Å². The lowest BCUT2D eigenvalue weighted by Crippen LogP contribution is -2.28. The number of hydrazine groups is 1. The van der Waals surface area contributed by atoms with Gasteiger partial charge in [0.2, 0.25) is 0 Å². The molecule has 0 heterocycles. The zero-order valence-corrected chi connectivity index (χ0v) is 4.94. The predicted octanol–water partition coefficient (Wildman–Crippen LogP) is 0.586. The van der Waals surface area contributed by atoms with E-state index in [0.717, 1.165) is 6.54 Å². The van der Waals surface area contributed by atoms with Gasteiger partial charge in [0.1, 0.15) is 0 Å². The molecule has 0 saturated heterocycles. The number of nitrogens with one attached hydrogen (secondary N) is 1. The van der Waals surface area contributed by atoms with Crippen LogP contribution in [0.2, 0.25) is 0 Å². The SMILES string of the molecule is C=CN(CC)NC. The summed E-state index contributed by atoms with van der Waals surface area (Å²) in [5.74, 6) is 0. The molecule has 0 atom stereocenters. The minimum absolute atomic E-state index is 0.958. The third kappa shape index (κ3) is 2.23. The van der Waals surface area contributed by atoms with Crippen LogP contribution in [-0.4, -0.2) is 18.6 Å². The summed E-state index contributed by atoms with van der Waals surface area (Å²) in [7, 11) is 1.87. The van der Waals surface area contributed by atoms with Gasteiger partial charge in [0.25, 0.3) is 0 Å². The average Bonchev–Trinajstić information content (AvgIpc) is 1.72. The van der Waals surface area contributed by atoms with E-state index in [1.54, 1.807) is 6.20 Å². The van der Waals surface area contributed by atoms with Crippen molar-refractivity contribution in [3.8, 4) is 0 Å². The van der Waals surface area contributed by atoms with Gasteiger partial charge in [-0.05, 0) is 6.92 Å². The first-order valence-corrected chi connectivity index (χ1v) is 2.41. The molecule has 0 aliphatic rings. The number of nitrogens with zero attached hydrogens (tertiary/aromatic N) is 1. The topological polar surface area (TPSA) is 15.3 Å². The molecule has 0 aromatic carbocycles. The van der Waals surface area contributed by atoms with Crippen molar-refractivity contribution in [2.24, 2.45) is 0 Å². The summed E-state index contributed by atoms with van der Waals surface area (Å²) in [5.41, 5.74) is 2.92. The Hall–Kier alpha value is -0.500. The molecule has 0 saturated carbocycles. The third-order valence-electron chi connectivity index (χ3n) is 0.848. The molecular weight excluding hydrogens is 88.1 g/mol. The molecule has 0 fully saturated rings. The quantitative estimate of drug-likeness (QED) is 0.522. The second kappa shape index (κ2) is 3.68. The van der Waals surface area contributed by atoms with E-state index < -0.39 is 0 Å². The second-order valence-corrected chi connectivity index (χ2v) is 1.19. The summed E-state index contributed by atoms with van der Waals surface area (Å²) < 4.78 is 0. The van der Waals surface area contributed by atoms with Crippen molar-refractivity contribution >= 4 is 0 Å². The maximum atomic E-state index is 3.57. The van der Waals surface area contributed by atoms with Crippen molar-refractivity contribution in [2.45, 2.75) is 6.92 Å². The predicted molar refractivity (Wildman–Crippen MR) is 31.6 cm³/mol. The van der Waals surface area contributed by atoms with E-state index in [1.165, 1.54) is 0 Å². The van der Waals surface area contributed by atoms with Gasteiger partial charge < -0.3 is 5.01 Å². The number of hydrogen-bond donors (Lipinski definition) is 1. The summed E-state index contributed by atoms with van der Waals surface area (Å²) in [6, 6.07) is 0. The first-order valence-electron chi connectivity index (χ1n) is 2.41. The van der Waals surface area contributed by atoms with Crippen LogP contribution in [0.25, 0.3) is 0 Å². The fourth-order valence-corrected chi connectivity index (χ4v) is 0.379. The Kier molecular flexibility index (Phi) is 3.42. The fraction of sp³-hybridized carbons (Fsp3) is 0.600. The average molecular weight is 100 g/mol. The first-order chi connectivity index (χ1) is 3.35. The van der Waals surface area contributed by atoms with Crippen LogP contribution in [0, 0.1) is 0 Å². The lowest BCUT2D eigenvalue weighted by molar-refractivity contribution is 0.316. The van der Waals surface area contributed by atoms with Crippen LogP contribution < -0.4 is 5.43 Å². The Morgan fingerprint density at radius 3 is 2.43 bits per heavy atom. The van der Waals surface area contributed by atoms with Crippen LogP contribution in [-0.2, 0) is 0 Å². The third-order valence-corrected chi connectivity index (χ3v) is 0.848. The number of rotatable bonds is 3. The van der Waals surface area contributed by atoms with Crippen LogP contribution in [0.3, 0.4) is 0 Å². The summed E-state index contributed by atoms with van der Waals surface area (Å²) in [6.45, 7) is 6.58. The van der Waals surface area contributed by atoms with E-state index in [1.807, 2.05) is 12.1 Å². The minimum Gasteiger partial charge on any atom is -0.317 e. The first kappa shape index (κ1) is 6.50. The fourth-order valence-electron chi connectivity index (χ4n) is 0.379. The van der Waals surface area contributed by atoms with Crippen LogP contribution in [0.1, 0.15) is 6.92 Å². The van der Waals surface area contributed by atoms with Crippen molar-refractivity contribution in [2.75, 3.05) is 13.6 Å². The largest absolute Gasteiger partial charge is 0.317 e. The summed E-state index contributed by atoms with van der Waals surface area (Å²) in [6.07, 6.45) is 1.75. The van der Waals surface area contributed by atoms with E-state index in [-0.39, 0.29) is 0 Å². The molecular formula is C5H12N2. The standard InChI is InChI=1S/C5H12N2/c1-4-7(5-2)6-3/h4,6H,1,5H2,2-3H3. The molecule has 0 aliphatic heterocycles. The maximum Gasteiger partial charge on any atom is 0.0309 e. The van der Waals surface area contributed by atoms with Gasteiger partial charge >= 0.3 is 0 Å². The number of hydrogen-bond acceptors (Lipinski definition) is 2. The molecule has 7 heavy (non-hydrogen) atoms. The van der Waals surface area contributed by atoms with E-state index in [9.17, 15) is 0 Å². The molecule has 0 rings (SSSR count). The zero-order valence-electron chi connectivity index (χ0n) is 4.94. The van der Waals surface area contributed by atoms with Crippen molar-refractivity contribution < 1.29 is 0 Å². The van der Waals surface area contributed by atoms with Crippen molar-refractivity contribution in [3.63, 3.8) is 0 Å². The highest BCUT2D eigenvalue weighted by atomic mass is 15.5. The maximum absolute atomic E-state index is 3.57. The molecule has 0 radical (unpaired) electrons. The van der Waals surface area contributed by atoms with Gasteiger partial charge in [-0.3, -0.25) is 0 Å². The Morgan fingerprint density at radius 2 is 2.43 bits per heavy atom. The van der Waals surface area contributed by atoms with E-state index >= 15 is 0 Å². The van der Waals surface area contributed by atoms with Gasteiger partial charge in [-0.1, -0.05) is 6.58 Å². The highest BCUT2D eigenvalue weighted by molar-refractivity contribution is 4.62. The molecule has 0 spiro atoms. The Bertz CT molecular complexity index is 48.0. The lowest BCUT2D eigenvalue weighted by atomic mass is 10.7. The molecule has 2 nitrogen and oxygen atoms in total. The summed E-state index contributed by atoms with van der Waals surface area (Å²) in [4.78, 5) is 0. The Morgan fingerprint density at radius 1 is 1.86 bits per heavy atom. The summed E-state index contributed by atoms with van der Waals surface area (Å²) in [5, 5.41) is 1.89. The van der Waals surface area contributed by atoms with Gasteiger partial charge in [-0.15, -0.1) is 0 Å².